The fourth-order valence-electron chi connectivity index (χ4n) is 1.83. The summed E-state index contributed by atoms with van der Waals surface area (Å²) in [5.41, 5.74) is 5.54. The summed E-state index contributed by atoms with van der Waals surface area (Å²) in [5, 5.41) is 2.74. The van der Waals surface area contributed by atoms with Gasteiger partial charge in [0.05, 0.1) is 6.54 Å². The van der Waals surface area contributed by atoms with Crippen LogP contribution in [0.3, 0.4) is 0 Å². The summed E-state index contributed by atoms with van der Waals surface area (Å²) in [6.07, 6.45) is 0.260. The van der Waals surface area contributed by atoms with Gasteiger partial charge in [-0.2, -0.15) is 4.31 Å². The fourth-order valence-corrected chi connectivity index (χ4v) is 4.74. The highest BCUT2D eigenvalue weighted by Crippen LogP contribution is 2.24. The van der Waals surface area contributed by atoms with Gasteiger partial charge in [0.2, 0.25) is 5.91 Å². The maximum atomic E-state index is 12.3. The number of halogens is 1. The smallest absolute Gasteiger partial charge is 0.252 e. The van der Waals surface area contributed by atoms with Gasteiger partial charge >= 0.3 is 0 Å². The first-order valence-electron chi connectivity index (χ1n) is 6.92. The first-order chi connectivity index (χ1) is 9.81. The van der Waals surface area contributed by atoms with Gasteiger partial charge in [-0.05, 0) is 19.1 Å². The number of sulfonamides is 1. The van der Waals surface area contributed by atoms with Crippen molar-refractivity contribution in [2.45, 2.75) is 44.0 Å². The second-order valence-electron chi connectivity index (χ2n) is 4.77. The highest BCUT2D eigenvalue weighted by atomic mass is 35.5. The van der Waals surface area contributed by atoms with Crippen molar-refractivity contribution in [3.63, 3.8) is 0 Å². The second kappa shape index (κ2) is 9.46. The van der Waals surface area contributed by atoms with E-state index in [-0.39, 0.29) is 30.8 Å². The van der Waals surface area contributed by atoms with Crippen molar-refractivity contribution in [1.82, 2.24) is 9.62 Å². The van der Waals surface area contributed by atoms with Gasteiger partial charge in [0, 0.05) is 30.4 Å². The maximum absolute atomic E-state index is 12.3. The Bertz CT molecular complexity index is 569. The van der Waals surface area contributed by atoms with E-state index in [2.05, 4.69) is 5.32 Å². The van der Waals surface area contributed by atoms with Crippen LogP contribution in [0.1, 0.15) is 32.1 Å². The molecule has 0 aromatic carbocycles. The standard InChI is InChI=1S/C13H23N3O3S2.ClH/c1-4-16(5-2)21(18,19)13-7-6-11(20-13)9-15-12(17)8-10(3)14;/h6-7,10H,4-5,8-9,14H2,1-3H3,(H,15,17);1H. The van der Waals surface area contributed by atoms with E-state index in [1.165, 1.54) is 15.6 Å². The third kappa shape index (κ3) is 5.85. The normalized spacial score (nSPS) is 12.8. The van der Waals surface area contributed by atoms with Crippen molar-refractivity contribution in [3.8, 4) is 0 Å². The molecular formula is C13H24ClN3O3S2. The first kappa shape index (κ1) is 21.3. The highest BCUT2D eigenvalue weighted by Gasteiger charge is 2.23. The largest absolute Gasteiger partial charge is 0.351 e. The molecule has 0 aliphatic rings. The Morgan fingerprint density at radius 2 is 1.95 bits per heavy atom. The maximum Gasteiger partial charge on any atom is 0.252 e. The molecule has 1 rings (SSSR count). The molecule has 22 heavy (non-hydrogen) atoms. The molecule has 1 amide bonds. The molecule has 3 N–H and O–H groups in total. The molecule has 0 fully saturated rings. The summed E-state index contributed by atoms with van der Waals surface area (Å²) in [6, 6.07) is 3.13. The van der Waals surface area contributed by atoms with Crippen LogP contribution in [0.25, 0.3) is 0 Å². The van der Waals surface area contributed by atoms with Gasteiger partial charge in [0.15, 0.2) is 0 Å². The lowest BCUT2D eigenvalue weighted by molar-refractivity contribution is -0.121. The summed E-state index contributed by atoms with van der Waals surface area (Å²) in [4.78, 5) is 12.3. The van der Waals surface area contributed by atoms with E-state index in [1.807, 2.05) is 13.8 Å². The van der Waals surface area contributed by atoms with Crippen LogP contribution in [-0.4, -0.2) is 37.8 Å². The highest BCUT2D eigenvalue weighted by molar-refractivity contribution is 7.91. The summed E-state index contributed by atoms with van der Waals surface area (Å²) in [5.74, 6) is -0.133. The number of nitrogens with two attached hydrogens (primary N) is 1. The van der Waals surface area contributed by atoms with Gasteiger partial charge in [-0.3, -0.25) is 4.79 Å². The Morgan fingerprint density at radius 1 is 1.36 bits per heavy atom. The van der Waals surface area contributed by atoms with Gasteiger partial charge in [0.25, 0.3) is 10.0 Å². The van der Waals surface area contributed by atoms with Gasteiger partial charge in [-0.15, -0.1) is 23.7 Å². The summed E-state index contributed by atoms with van der Waals surface area (Å²) in [7, 11) is -3.42. The van der Waals surface area contributed by atoms with Crippen molar-refractivity contribution < 1.29 is 13.2 Å². The quantitative estimate of drug-likeness (QED) is 0.727. The lowest BCUT2D eigenvalue weighted by Gasteiger charge is -2.16. The van der Waals surface area contributed by atoms with E-state index in [0.29, 0.717) is 23.8 Å². The van der Waals surface area contributed by atoms with Gasteiger partial charge in [-0.25, -0.2) is 8.42 Å². The van der Waals surface area contributed by atoms with E-state index in [0.717, 1.165) is 4.88 Å². The average Bonchev–Trinajstić information content (AvgIpc) is 2.86. The van der Waals surface area contributed by atoms with Crippen LogP contribution in [0.5, 0.6) is 0 Å². The molecule has 0 saturated heterocycles. The van der Waals surface area contributed by atoms with Crippen molar-refractivity contribution in [2.24, 2.45) is 5.73 Å². The van der Waals surface area contributed by atoms with Crippen molar-refractivity contribution in [3.05, 3.63) is 17.0 Å². The molecule has 1 heterocycles. The van der Waals surface area contributed by atoms with E-state index in [1.54, 1.807) is 19.1 Å². The Kier molecular flexibility index (Phi) is 9.18. The SMILES string of the molecule is CCN(CC)S(=O)(=O)c1ccc(CNC(=O)CC(C)N)s1.Cl. The molecule has 128 valence electrons. The number of carbonyl (C=O) groups is 1. The predicted octanol–water partition coefficient (Wildman–Crippen LogP) is 1.55. The molecule has 1 atom stereocenters. The minimum Gasteiger partial charge on any atom is -0.351 e. The fraction of sp³-hybridized carbons (Fsp3) is 0.615. The number of rotatable bonds is 8. The van der Waals surface area contributed by atoms with Crippen LogP contribution in [-0.2, 0) is 21.4 Å². The molecule has 0 bridgehead atoms. The first-order valence-corrected chi connectivity index (χ1v) is 9.18. The van der Waals surface area contributed by atoms with Crippen LogP contribution < -0.4 is 11.1 Å². The van der Waals surface area contributed by atoms with Crippen LogP contribution in [0.2, 0.25) is 0 Å². The molecule has 1 unspecified atom stereocenters. The molecule has 0 saturated carbocycles. The number of carbonyl (C=O) groups excluding carboxylic acids is 1. The Labute approximate surface area is 142 Å². The Balaban J connectivity index is 0.00000441. The van der Waals surface area contributed by atoms with Gasteiger partial charge in [0.1, 0.15) is 4.21 Å². The van der Waals surface area contributed by atoms with Gasteiger partial charge < -0.3 is 11.1 Å². The van der Waals surface area contributed by atoms with Crippen LogP contribution >= 0.6 is 23.7 Å². The topological polar surface area (TPSA) is 92.5 Å². The number of hydrogen-bond acceptors (Lipinski definition) is 5. The third-order valence-corrected chi connectivity index (χ3v) is 6.51. The van der Waals surface area contributed by atoms with Crippen molar-refractivity contribution in [2.75, 3.05) is 13.1 Å². The minimum absolute atomic E-state index is 0. The molecule has 1 aromatic heterocycles. The molecule has 0 aliphatic carbocycles. The predicted molar refractivity (Wildman–Crippen MR) is 91.8 cm³/mol. The molecule has 0 aliphatic heterocycles. The van der Waals surface area contributed by atoms with Crippen LogP contribution in [0.4, 0.5) is 0 Å². The number of nitrogens with one attached hydrogen (secondary N) is 1. The van der Waals surface area contributed by atoms with E-state index >= 15 is 0 Å². The lowest BCUT2D eigenvalue weighted by atomic mass is 10.2. The third-order valence-electron chi connectivity index (χ3n) is 2.90. The average molecular weight is 370 g/mol. The van der Waals surface area contributed by atoms with E-state index in [9.17, 15) is 13.2 Å². The molecule has 0 radical (unpaired) electrons. The van der Waals surface area contributed by atoms with Gasteiger partial charge in [-0.1, -0.05) is 13.8 Å². The molecule has 0 spiro atoms. The number of thiophene rings is 1. The lowest BCUT2D eigenvalue weighted by Crippen LogP contribution is -2.30. The minimum atomic E-state index is -3.42. The van der Waals surface area contributed by atoms with Crippen LogP contribution in [0, 0.1) is 0 Å². The number of hydrogen-bond donors (Lipinski definition) is 2. The zero-order valence-electron chi connectivity index (χ0n) is 13.0. The second-order valence-corrected chi connectivity index (χ2v) is 8.10. The molecule has 6 nitrogen and oxygen atoms in total. The number of nitrogens with zero attached hydrogens (tertiary/aromatic N) is 1. The van der Waals surface area contributed by atoms with E-state index in [4.69, 9.17) is 5.73 Å². The Morgan fingerprint density at radius 3 is 2.45 bits per heavy atom. The summed E-state index contributed by atoms with van der Waals surface area (Å²) < 4.78 is 26.4. The summed E-state index contributed by atoms with van der Waals surface area (Å²) >= 11 is 1.18. The molecular weight excluding hydrogens is 346 g/mol. The molecule has 1 aromatic rings. The summed E-state index contributed by atoms with van der Waals surface area (Å²) in [6.45, 7) is 6.59. The van der Waals surface area contributed by atoms with Crippen LogP contribution in [0.15, 0.2) is 16.3 Å². The monoisotopic (exact) mass is 369 g/mol. The number of amides is 1. The van der Waals surface area contributed by atoms with Crippen molar-refractivity contribution >= 4 is 39.7 Å². The van der Waals surface area contributed by atoms with Crippen molar-refractivity contribution in [1.29, 1.82) is 0 Å². The van der Waals surface area contributed by atoms with E-state index < -0.39 is 10.0 Å². The zero-order valence-corrected chi connectivity index (χ0v) is 15.5. The zero-order chi connectivity index (χ0) is 16.0. The Hall–Kier alpha value is -0.670. The molecule has 9 heteroatoms.